The molecule has 21 heteroatoms. The van der Waals surface area contributed by atoms with Gasteiger partial charge in [-0.3, -0.25) is 9.80 Å². The monoisotopic (exact) mass is 687 g/mol. The Balaban J connectivity index is 0.000000396. The van der Waals surface area contributed by atoms with Crippen LogP contribution >= 0.6 is 11.3 Å². The van der Waals surface area contributed by atoms with Crippen molar-refractivity contribution in [2.24, 2.45) is 0 Å². The third-order valence-electron chi connectivity index (χ3n) is 5.91. The number of fused-ring (bicyclic) bond motifs is 1. The molecule has 1 fully saturated rings. The number of halogens is 9. The van der Waals surface area contributed by atoms with E-state index in [1.54, 1.807) is 0 Å². The van der Waals surface area contributed by atoms with Gasteiger partial charge >= 0.3 is 36.4 Å². The normalized spacial score (nSPS) is 16.2. The highest BCUT2D eigenvalue weighted by Gasteiger charge is 2.39. The van der Waals surface area contributed by atoms with Crippen molar-refractivity contribution in [2.45, 2.75) is 51.6 Å². The van der Waals surface area contributed by atoms with Gasteiger partial charge < -0.3 is 24.8 Å². The Bertz CT molecular complexity index is 1200. The van der Waals surface area contributed by atoms with Gasteiger partial charge in [0.05, 0.1) is 12.2 Å². The van der Waals surface area contributed by atoms with Gasteiger partial charge in [0.2, 0.25) is 0 Å². The number of carbonyl (C=O) groups is 3. The minimum atomic E-state index is -5.08. The predicted molar refractivity (Wildman–Crippen MR) is 139 cm³/mol. The van der Waals surface area contributed by atoms with Gasteiger partial charge in [0, 0.05) is 68.3 Å². The Hall–Kier alpha value is -3.43. The molecule has 0 radical (unpaired) electrons. The van der Waals surface area contributed by atoms with Crippen molar-refractivity contribution >= 4 is 29.2 Å². The first kappa shape index (κ1) is 39.6. The van der Waals surface area contributed by atoms with Gasteiger partial charge in [-0.1, -0.05) is 0 Å². The molecule has 2 aromatic rings. The molecule has 2 aliphatic rings. The minimum absolute atomic E-state index is 0.972. The number of piperazine rings is 1. The Morgan fingerprint density at radius 1 is 0.756 bits per heavy atom. The van der Waals surface area contributed by atoms with Gasteiger partial charge in [-0.05, 0) is 26.1 Å². The van der Waals surface area contributed by atoms with Crippen LogP contribution in [0.15, 0.2) is 18.3 Å². The molecule has 4 heterocycles. The lowest BCUT2D eigenvalue weighted by Gasteiger charge is -2.33. The summed E-state index contributed by atoms with van der Waals surface area (Å²) in [6.07, 6.45) is -13.1. The third-order valence-corrected chi connectivity index (χ3v) is 6.90. The molecule has 0 spiro atoms. The van der Waals surface area contributed by atoms with E-state index < -0.39 is 36.4 Å². The van der Waals surface area contributed by atoms with Crippen LogP contribution in [0.2, 0.25) is 0 Å². The van der Waals surface area contributed by atoms with Gasteiger partial charge in [0.1, 0.15) is 5.82 Å². The summed E-state index contributed by atoms with van der Waals surface area (Å²) in [6.45, 7) is 12.1. The number of hydrogen-bond acceptors (Lipinski definition) is 8. The van der Waals surface area contributed by atoms with E-state index in [-0.39, 0.29) is 0 Å². The maximum Gasteiger partial charge on any atom is 0.490 e. The second-order valence-electron chi connectivity index (χ2n) is 9.53. The van der Waals surface area contributed by atoms with Crippen molar-refractivity contribution in [3.8, 4) is 0 Å². The van der Waals surface area contributed by atoms with E-state index in [4.69, 9.17) is 34.7 Å². The number of carboxylic acid groups (broad SMARTS) is 3. The molecule has 2 aromatic heterocycles. The van der Waals surface area contributed by atoms with Crippen molar-refractivity contribution in [1.29, 1.82) is 0 Å². The van der Waals surface area contributed by atoms with E-state index in [0.717, 1.165) is 32.7 Å². The van der Waals surface area contributed by atoms with Crippen molar-refractivity contribution < 1.29 is 69.2 Å². The number of thiophene rings is 1. The maximum absolute atomic E-state index is 10.6. The Morgan fingerprint density at radius 3 is 1.60 bits per heavy atom. The first-order valence-corrected chi connectivity index (χ1v) is 13.4. The lowest BCUT2D eigenvalue weighted by atomic mass is 10.3. The average molecular weight is 688 g/mol. The molecule has 11 nitrogen and oxygen atoms in total. The summed E-state index contributed by atoms with van der Waals surface area (Å²) in [5, 5.41) is 21.4. The average Bonchev–Trinajstić information content (AvgIpc) is 3.50. The fourth-order valence-electron chi connectivity index (χ4n) is 3.66. The molecule has 0 aliphatic carbocycles. The van der Waals surface area contributed by atoms with Gasteiger partial charge in [0.15, 0.2) is 0 Å². The minimum Gasteiger partial charge on any atom is -0.475 e. The van der Waals surface area contributed by atoms with Crippen molar-refractivity contribution in [3.63, 3.8) is 0 Å². The molecule has 0 bridgehead atoms. The summed E-state index contributed by atoms with van der Waals surface area (Å²) in [6, 6.07) is 4.49. The molecule has 0 saturated carbocycles. The lowest BCUT2D eigenvalue weighted by Crippen LogP contribution is -2.44. The molecule has 2 aliphatic heterocycles. The Morgan fingerprint density at radius 2 is 1.20 bits per heavy atom. The number of alkyl halides is 9. The van der Waals surface area contributed by atoms with E-state index in [2.05, 4.69) is 51.6 Å². The van der Waals surface area contributed by atoms with Gasteiger partial charge in [-0.25, -0.2) is 19.4 Å². The lowest BCUT2D eigenvalue weighted by molar-refractivity contribution is -0.193. The zero-order chi connectivity index (χ0) is 34.8. The number of aryl methyl sites for hydroxylation is 1. The van der Waals surface area contributed by atoms with Crippen LogP contribution in [-0.4, -0.2) is 116 Å². The maximum atomic E-state index is 10.6. The first-order chi connectivity index (χ1) is 20.5. The molecule has 256 valence electrons. The van der Waals surface area contributed by atoms with Crippen LogP contribution in [0.4, 0.5) is 39.5 Å². The van der Waals surface area contributed by atoms with Crippen LogP contribution in [0.1, 0.15) is 21.3 Å². The fourth-order valence-corrected chi connectivity index (χ4v) is 4.59. The number of likely N-dealkylation sites (N-methyl/N-ethyl adjacent to an activating group) is 1. The van der Waals surface area contributed by atoms with Crippen LogP contribution < -0.4 is 0 Å². The quantitative estimate of drug-likeness (QED) is 0.406. The van der Waals surface area contributed by atoms with Crippen molar-refractivity contribution in [2.75, 3.05) is 39.8 Å². The van der Waals surface area contributed by atoms with Crippen LogP contribution in [0.5, 0.6) is 0 Å². The fraction of sp³-hybridized carbons (Fsp3) is 0.583. The molecule has 0 atom stereocenters. The molecular weight excluding hydrogens is 657 g/mol. The molecule has 0 amide bonds. The van der Waals surface area contributed by atoms with E-state index in [9.17, 15) is 39.5 Å². The summed E-state index contributed by atoms with van der Waals surface area (Å²) >= 11 is 1.91. The van der Waals surface area contributed by atoms with Crippen LogP contribution in [0, 0.1) is 6.92 Å². The van der Waals surface area contributed by atoms with Gasteiger partial charge in [-0.15, -0.1) is 11.3 Å². The summed E-state index contributed by atoms with van der Waals surface area (Å²) in [5.74, 6) is -7.04. The van der Waals surface area contributed by atoms with Crippen LogP contribution in [-0.2, 0) is 40.6 Å². The smallest absolute Gasteiger partial charge is 0.475 e. The van der Waals surface area contributed by atoms with E-state index >= 15 is 0 Å². The van der Waals surface area contributed by atoms with E-state index in [0.29, 0.717) is 0 Å². The Labute approximate surface area is 254 Å². The van der Waals surface area contributed by atoms with Crippen LogP contribution in [0.25, 0.3) is 0 Å². The summed E-state index contributed by atoms with van der Waals surface area (Å²) < 4.78 is 97.7. The number of carboxylic acids is 3. The molecule has 45 heavy (non-hydrogen) atoms. The standard InChI is InChI=1S/C18H27N5S.3C2HF3O2/c1-15-3-4-17(24-15)13-22-9-10-23-16(11-19-18(23)14-22)12-21-7-5-20(2)6-8-21;3*3-2(4,5)1(6)7/h3-4,11H,5-10,12-14H2,1-2H3;3*(H,6,7). The molecule has 1 saturated heterocycles. The van der Waals surface area contributed by atoms with Crippen molar-refractivity contribution in [3.05, 3.63) is 39.6 Å². The number of aliphatic carboxylic acids is 3. The van der Waals surface area contributed by atoms with Crippen molar-refractivity contribution in [1.82, 2.24) is 24.3 Å². The molecule has 0 aromatic carbocycles. The number of aromatic nitrogens is 2. The Kier molecular flexibility index (Phi) is 14.7. The number of nitrogens with zero attached hydrogens (tertiary/aromatic N) is 5. The number of imidazole rings is 1. The zero-order valence-corrected chi connectivity index (χ0v) is 24.5. The topological polar surface area (TPSA) is 139 Å². The van der Waals surface area contributed by atoms with E-state index in [1.807, 2.05) is 11.3 Å². The first-order valence-electron chi connectivity index (χ1n) is 12.6. The third kappa shape index (κ3) is 14.9. The SMILES string of the molecule is Cc1ccc(CN2CCn3c(CN4CCN(C)CC4)cnc3C2)s1.O=C(O)C(F)(F)F.O=C(O)C(F)(F)F.O=C(O)C(F)(F)F. The molecule has 4 rings (SSSR count). The number of rotatable bonds is 4. The summed E-state index contributed by atoms with van der Waals surface area (Å²) in [4.78, 5) is 41.8. The summed E-state index contributed by atoms with van der Waals surface area (Å²) in [7, 11) is 2.21. The molecular formula is C24H30F9N5O6S. The van der Waals surface area contributed by atoms with Gasteiger partial charge in [-0.2, -0.15) is 39.5 Å². The highest BCUT2D eigenvalue weighted by atomic mass is 32.1. The van der Waals surface area contributed by atoms with E-state index in [1.165, 1.54) is 47.5 Å². The second kappa shape index (κ2) is 16.8. The predicted octanol–water partition coefficient (Wildman–Crippen LogP) is 3.92. The van der Waals surface area contributed by atoms with Gasteiger partial charge in [0.25, 0.3) is 0 Å². The highest BCUT2D eigenvalue weighted by molar-refractivity contribution is 7.11. The second-order valence-corrected chi connectivity index (χ2v) is 10.9. The zero-order valence-electron chi connectivity index (χ0n) is 23.7. The number of hydrogen-bond donors (Lipinski definition) is 3. The highest BCUT2D eigenvalue weighted by Crippen LogP contribution is 2.22. The summed E-state index contributed by atoms with van der Waals surface area (Å²) in [5.41, 5.74) is 1.39. The largest absolute Gasteiger partial charge is 0.490 e. The van der Waals surface area contributed by atoms with Crippen LogP contribution in [0.3, 0.4) is 0 Å². The molecule has 0 unspecified atom stereocenters. The molecule has 3 N–H and O–H groups in total.